The highest BCUT2D eigenvalue weighted by atomic mass is 16.3. The third kappa shape index (κ3) is 1.01. The zero-order valence-corrected chi connectivity index (χ0v) is 5.09. The molecule has 1 aliphatic rings. The van der Waals surface area contributed by atoms with Gasteiger partial charge in [-0.25, -0.2) is 0 Å². The van der Waals surface area contributed by atoms with E-state index in [1.165, 1.54) is 0 Å². The van der Waals surface area contributed by atoms with E-state index in [1.54, 1.807) is 0 Å². The van der Waals surface area contributed by atoms with Crippen LogP contribution in [0, 0.1) is 0 Å². The van der Waals surface area contributed by atoms with Crippen molar-refractivity contribution in [3.05, 3.63) is 11.8 Å². The standard InChI is InChI=1S/C6H11NO/c1-2-7-4-3-6(8)5-7/h3,8H,2,4-5H2,1H3. The molecule has 0 aromatic rings. The van der Waals surface area contributed by atoms with Gasteiger partial charge in [0.1, 0.15) is 5.76 Å². The van der Waals surface area contributed by atoms with Crippen LogP contribution in [0.25, 0.3) is 0 Å². The Morgan fingerprint density at radius 3 is 2.88 bits per heavy atom. The van der Waals surface area contributed by atoms with Crippen LogP contribution in [0.4, 0.5) is 0 Å². The highest BCUT2D eigenvalue weighted by molar-refractivity contribution is 5.02. The topological polar surface area (TPSA) is 23.5 Å². The van der Waals surface area contributed by atoms with Gasteiger partial charge in [-0.2, -0.15) is 0 Å². The van der Waals surface area contributed by atoms with Gasteiger partial charge in [-0.3, -0.25) is 4.90 Å². The van der Waals surface area contributed by atoms with E-state index in [2.05, 4.69) is 11.8 Å². The second kappa shape index (κ2) is 2.18. The van der Waals surface area contributed by atoms with Crippen molar-refractivity contribution in [2.45, 2.75) is 6.92 Å². The Balaban J connectivity index is 2.32. The molecule has 0 radical (unpaired) electrons. The van der Waals surface area contributed by atoms with Crippen molar-refractivity contribution in [1.29, 1.82) is 0 Å². The Morgan fingerprint density at radius 1 is 1.88 bits per heavy atom. The second-order valence-electron chi connectivity index (χ2n) is 2.02. The predicted octanol–water partition coefficient (Wildman–Crippen LogP) is 0.764. The highest BCUT2D eigenvalue weighted by Crippen LogP contribution is 2.03. The van der Waals surface area contributed by atoms with Gasteiger partial charge in [-0.05, 0) is 12.6 Å². The largest absolute Gasteiger partial charge is 0.511 e. The van der Waals surface area contributed by atoms with Gasteiger partial charge in [0.05, 0.1) is 6.54 Å². The van der Waals surface area contributed by atoms with E-state index >= 15 is 0 Å². The molecule has 0 saturated heterocycles. The maximum atomic E-state index is 8.85. The molecular formula is C6H11NO. The van der Waals surface area contributed by atoms with Crippen molar-refractivity contribution in [1.82, 2.24) is 4.90 Å². The zero-order valence-electron chi connectivity index (χ0n) is 5.09. The van der Waals surface area contributed by atoms with Crippen LogP contribution in [-0.4, -0.2) is 29.6 Å². The molecule has 1 N–H and O–H groups in total. The minimum absolute atomic E-state index is 0.520. The van der Waals surface area contributed by atoms with Gasteiger partial charge in [-0.1, -0.05) is 6.92 Å². The van der Waals surface area contributed by atoms with Crippen LogP contribution in [0.5, 0.6) is 0 Å². The lowest BCUT2D eigenvalue weighted by Gasteiger charge is -2.09. The zero-order chi connectivity index (χ0) is 5.98. The highest BCUT2D eigenvalue weighted by Gasteiger charge is 2.08. The Hall–Kier alpha value is -0.500. The van der Waals surface area contributed by atoms with Crippen LogP contribution in [0.15, 0.2) is 11.8 Å². The normalized spacial score (nSPS) is 21.4. The summed E-state index contributed by atoms with van der Waals surface area (Å²) < 4.78 is 0. The molecule has 0 spiro atoms. The van der Waals surface area contributed by atoms with Gasteiger partial charge in [0.25, 0.3) is 0 Å². The molecule has 0 atom stereocenters. The lowest BCUT2D eigenvalue weighted by atomic mass is 10.5. The summed E-state index contributed by atoms with van der Waals surface area (Å²) >= 11 is 0. The maximum Gasteiger partial charge on any atom is 0.104 e. The van der Waals surface area contributed by atoms with E-state index in [0.29, 0.717) is 5.76 Å². The van der Waals surface area contributed by atoms with E-state index in [-0.39, 0.29) is 0 Å². The molecule has 1 rings (SSSR count). The molecule has 0 aliphatic carbocycles. The number of aliphatic hydroxyl groups excluding tert-OH is 1. The molecule has 0 amide bonds. The maximum absolute atomic E-state index is 8.85. The van der Waals surface area contributed by atoms with Gasteiger partial charge >= 0.3 is 0 Å². The summed E-state index contributed by atoms with van der Waals surface area (Å²) in [4.78, 5) is 2.16. The lowest BCUT2D eigenvalue weighted by Crippen LogP contribution is -2.19. The summed E-state index contributed by atoms with van der Waals surface area (Å²) in [6, 6.07) is 0. The minimum atomic E-state index is 0.520. The van der Waals surface area contributed by atoms with Crippen molar-refractivity contribution in [2.75, 3.05) is 19.6 Å². The molecule has 0 aromatic heterocycles. The first-order valence-electron chi connectivity index (χ1n) is 2.93. The first-order valence-corrected chi connectivity index (χ1v) is 2.93. The van der Waals surface area contributed by atoms with Crippen molar-refractivity contribution < 1.29 is 5.11 Å². The Kier molecular flexibility index (Phi) is 1.53. The Bertz CT molecular complexity index is 109. The van der Waals surface area contributed by atoms with Crippen molar-refractivity contribution in [3.8, 4) is 0 Å². The van der Waals surface area contributed by atoms with E-state index in [9.17, 15) is 0 Å². The average Bonchev–Trinajstić information content (AvgIpc) is 2.14. The molecular weight excluding hydrogens is 102 g/mol. The molecule has 0 bridgehead atoms. The third-order valence-electron chi connectivity index (χ3n) is 1.42. The number of likely N-dealkylation sites (N-methyl/N-ethyl adjacent to an activating group) is 1. The molecule has 0 fully saturated rings. The van der Waals surface area contributed by atoms with Gasteiger partial charge < -0.3 is 5.11 Å². The molecule has 1 aliphatic heterocycles. The molecule has 1 heterocycles. The Labute approximate surface area is 49.4 Å². The van der Waals surface area contributed by atoms with Gasteiger partial charge in [0.2, 0.25) is 0 Å². The third-order valence-corrected chi connectivity index (χ3v) is 1.42. The van der Waals surface area contributed by atoms with Crippen LogP contribution >= 0.6 is 0 Å². The van der Waals surface area contributed by atoms with Crippen LogP contribution < -0.4 is 0 Å². The molecule has 0 unspecified atom stereocenters. The number of nitrogens with zero attached hydrogens (tertiary/aromatic N) is 1. The smallest absolute Gasteiger partial charge is 0.104 e. The SMILES string of the molecule is CCN1CC=C(O)C1. The lowest BCUT2D eigenvalue weighted by molar-refractivity contribution is 0.313. The quantitative estimate of drug-likeness (QED) is 0.542. The summed E-state index contributed by atoms with van der Waals surface area (Å²) in [5.41, 5.74) is 0. The van der Waals surface area contributed by atoms with Crippen molar-refractivity contribution >= 4 is 0 Å². The molecule has 0 aromatic carbocycles. The van der Waals surface area contributed by atoms with Crippen LogP contribution in [-0.2, 0) is 0 Å². The van der Waals surface area contributed by atoms with Gasteiger partial charge in [0, 0.05) is 6.54 Å². The van der Waals surface area contributed by atoms with E-state index < -0.39 is 0 Å². The molecule has 2 nitrogen and oxygen atoms in total. The van der Waals surface area contributed by atoms with Crippen LogP contribution in [0.3, 0.4) is 0 Å². The van der Waals surface area contributed by atoms with E-state index in [1.807, 2.05) is 6.08 Å². The fourth-order valence-electron chi connectivity index (χ4n) is 0.834. The summed E-state index contributed by atoms with van der Waals surface area (Å²) in [6.45, 7) is 4.78. The number of aliphatic hydroxyl groups is 1. The van der Waals surface area contributed by atoms with Crippen molar-refractivity contribution in [3.63, 3.8) is 0 Å². The molecule has 8 heavy (non-hydrogen) atoms. The summed E-state index contributed by atoms with van der Waals surface area (Å²) in [6.07, 6.45) is 1.85. The summed E-state index contributed by atoms with van der Waals surface area (Å²) in [5.74, 6) is 0.520. The van der Waals surface area contributed by atoms with Gasteiger partial charge in [-0.15, -0.1) is 0 Å². The molecule has 46 valence electrons. The summed E-state index contributed by atoms with van der Waals surface area (Å²) in [7, 11) is 0. The van der Waals surface area contributed by atoms with Crippen LogP contribution in [0.2, 0.25) is 0 Å². The predicted molar refractivity (Wildman–Crippen MR) is 32.8 cm³/mol. The summed E-state index contributed by atoms with van der Waals surface area (Å²) in [5, 5.41) is 8.85. The second-order valence-corrected chi connectivity index (χ2v) is 2.02. The number of hydrogen-bond acceptors (Lipinski definition) is 2. The fraction of sp³-hybridized carbons (Fsp3) is 0.667. The first kappa shape index (κ1) is 5.63. The number of rotatable bonds is 1. The van der Waals surface area contributed by atoms with Crippen LogP contribution in [0.1, 0.15) is 6.92 Å². The fourth-order valence-corrected chi connectivity index (χ4v) is 0.834. The Morgan fingerprint density at radius 2 is 2.62 bits per heavy atom. The molecule has 2 heteroatoms. The van der Waals surface area contributed by atoms with Crippen molar-refractivity contribution in [2.24, 2.45) is 0 Å². The minimum Gasteiger partial charge on any atom is -0.511 e. The monoisotopic (exact) mass is 113 g/mol. The molecule has 0 saturated carbocycles. The van der Waals surface area contributed by atoms with Gasteiger partial charge in [0.15, 0.2) is 0 Å². The number of hydrogen-bond donors (Lipinski definition) is 1. The van der Waals surface area contributed by atoms with E-state index in [0.717, 1.165) is 19.6 Å². The van der Waals surface area contributed by atoms with E-state index in [4.69, 9.17) is 5.11 Å². The average molecular weight is 113 g/mol. The first-order chi connectivity index (χ1) is 3.83.